The van der Waals surface area contributed by atoms with Crippen LogP contribution in [0.15, 0.2) is 35.5 Å². The number of likely N-dealkylation sites (tertiary alicyclic amines) is 1. The molecule has 0 bridgehead atoms. The average Bonchev–Trinajstić information content (AvgIpc) is 3.50. The number of hydrogen-bond donors (Lipinski definition) is 3. The zero-order valence-corrected chi connectivity index (χ0v) is 20.0. The molecule has 0 spiro atoms. The summed E-state index contributed by atoms with van der Waals surface area (Å²) in [5.74, 6) is 0.374. The van der Waals surface area contributed by atoms with Gasteiger partial charge in [-0.1, -0.05) is 29.3 Å². The predicted molar refractivity (Wildman–Crippen MR) is 130 cm³/mol. The van der Waals surface area contributed by atoms with E-state index in [1.165, 1.54) is 6.33 Å². The Morgan fingerprint density at radius 3 is 2.71 bits per heavy atom. The van der Waals surface area contributed by atoms with Crippen LogP contribution in [0.5, 0.6) is 0 Å². The topological polar surface area (TPSA) is 137 Å². The lowest BCUT2D eigenvalue weighted by Crippen LogP contribution is -2.40. The summed E-state index contributed by atoms with van der Waals surface area (Å²) < 4.78 is 1.71. The van der Waals surface area contributed by atoms with Gasteiger partial charge in [0.2, 0.25) is 11.8 Å². The van der Waals surface area contributed by atoms with Crippen molar-refractivity contribution in [3.8, 4) is 0 Å². The van der Waals surface area contributed by atoms with Crippen molar-refractivity contribution in [2.75, 3.05) is 18.4 Å². The quantitative estimate of drug-likeness (QED) is 0.365. The molecule has 0 saturated carbocycles. The molecular weight excluding hydrogens is 505 g/mol. The fourth-order valence-electron chi connectivity index (χ4n) is 3.94. The molecule has 0 atom stereocenters. The second-order valence-electron chi connectivity index (χ2n) is 7.70. The lowest BCUT2D eigenvalue weighted by Gasteiger charge is -2.31. The molecule has 3 N–H and O–H groups in total. The Labute approximate surface area is 209 Å². The van der Waals surface area contributed by atoms with E-state index in [0.29, 0.717) is 59.5 Å². The number of rotatable bonds is 5. The van der Waals surface area contributed by atoms with E-state index in [2.05, 4.69) is 35.6 Å². The summed E-state index contributed by atoms with van der Waals surface area (Å²) in [5.41, 5.74) is 1.52. The number of carbonyl (C=O) groups is 1. The van der Waals surface area contributed by atoms with E-state index in [9.17, 15) is 9.59 Å². The smallest absolute Gasteiger partial charge is 0.291 e. The van der Waals surface area contributed by atoms with Crippen LogP contribution in [0.3, 0.4) is 0 Å². The number of nitrogens with zero attached hydrogens (tertiary/aromatic N) is 6. The second kappa shape index (κ2) is 10.00. The third-order valence-electron chi connectivity index (χ3n) is 5.61. The largest absolute Gasteiger partial charge is 0.352 e. The van der Waals surface area contributed by atoms with Crippen molar-refractivity contribution < 1.29 is 4.79 Å². The Morgan fingerprint density at radius 2 is 2.00 bits per heavy atom. The lowest BCUT2D eigenvalue weighted by atomic mass is 10.0. The minimum absolute atomic E-state index is 0. The SMILES string of the molecule is Cl.O=C(c1ncn[nH]1)N1CCC(n2ncc3nc(NCc4ccc(Cl)c(Cl)c4)[nH]c(=O)c32)CC1. The number of piperidine rings is 1. The molecule has 34 heavy (non-hydrogen) atoms. The molecule has 0 radical (unpaired) electrons. The molecule has 1 aliphatic heterocycles. The number of halogens is 3. The Kier molecular flexibility index (Phi) is 7.05. The number of aromatic nitrogens is 7. The van der Waals surface area contributed by atoms with Gasteiger partial charge < -0.3 is 10.2 Å². The maximum Gasteiger partial charge on any atom is 0.291 e. The molecule has 1 amide bonds. The number of anilines is 1. The molecule has 1 fully saturated rings. The lowest BCUT2D eigenvalue weighted by molar-refractivity contribution is 0.0679. The van der Waals surface area contributed by atoms with Gasteiger partial charge in [-0.15, -0.1) is 12.4 Å². The normalized spacial score (nSPS) is 14.2. The van der Waals surface area contributed by atoms with Crippen molar-refractivity contribution >= 4 is 58.5 Å². The molecule has 1 aromatic carbocycles. The van der Waals surface area contributed by atoms with Crippen LogP contribution in [0.2, 0.25) is 10.0 Å². The van der Waals surface area contributed by atoms with Gasteiger partial charge >= 0.3 is 0 Å². The minimum Gasteiger partial charge on any atom is -0.352 e. The van der Waals surface area contributed by atoms with Gasteiger partial charge in [0.1, 0.15) is 11.8 Å². The van der Waals surface area contributed by atoms with Gasteiger partial charge in [0, 0.05) is 19.6 Å². The van der Waals surface area contributed by atoms with Crippen molar-refractivity contribution in [1.29, 1.82) is 0 Å². The van der Waals surface area contributed by atoms with Crippen molar-refractivity contribution in [1.82, 2.24) is 39.8 Å². The molecule has 3 aromatic heterocycles. The first-order valence-electron chi connectivity index (χ1n) is 10.3. The zero-order chi connectivity index (χ0) is 22.9. The maximum absolute atomic E-state index is 12.8. The van der Waals surface area contributed by atoms with E-state index in [0.717, 1.165) is 5.56 Å². The summed E-state index contributed by atoms with van der Waals surface area (Å²) in [6.07, 6.45) is 4.21. The Bertz CT molecular complexity index is 1360. The zero-order valence-electron chi connectivity index (χ0n) is 17.7. The third kappa shape index (κ3) is 4.72. The fourth-order valence-corrected chi connectivity index (χ4v) is 4.26. The monoisotopic (exact) mass is 523 g/mol. The Balaban J connectivity index is 0.00000274. The second-order valence-corrected chi connectivity index (χ2v) is 8.51. The minimum atomic E-state index is -0.283. The molecule has 1 aliphatic rings. The summed E-state index contributed by atoms with van der Waals surface area (Å²) in [6, 6.07) is 5.30. The molecule has 0 aliphatic carbocycles. The van der Waals surface area contributed by atoms with Gasteiger partial charge in [-0.2, -0.15) is 10.2 Å². The molecule has 5 rings (SSSR count). The Hall–Kier alpha value is -3.15. The molecule has 0 unspecified atom stereocenters. The summed E-state index contributed by atoms with van der Waals surface area (Å²) in [6.45, 7) is 1.47. The van der Waals surface area contributed by atoms with Gasteiger partial charge in [-0.3, -0.25) is 24.4 Å². The van der Waals surface area contributed by atoms with Crippen LogP contribution in [-0.4, -0.2) is 58.8 Å². The standard InChI is InChI=1S/C20H19Cl2N9O2.ClH/c21-13-2-1-11(7-14(13)22)8-23-20-27-15-9-26-31(16(15)18(32)28-20)12-3-5-30(6-4-12)19(33)17-24-10-25-29-17;/h1-2,7,9-10,12H,3-6,8H2,(H,24,25,29)(H2,23,27,28,32);1H. The average molecular weight is 525 g/mol. The van der Waals surface area contributed by atoms with E-state index in [-0.39, 0.29) is 35.7 Å². The van der Waals surface area contributed by atoms with Crippen LogP contribution in [-0.2, 0) is 6.54 Å². The number of H-pyrrole nitrogens is 2. The van der Waals surface area contributed by atoms with Crippen molar-refractivity contribution in [3.63, 3.8) is 0 Å². The number of carbonyl (C=O) groups excluding carboxylic acids is 1. The highest BCUT2D eigenvalue weighted by Crippen LogP contribution is 2.26. The molecular formula is C20H20Cl3N9O2. The summed E-state index contributed by atoms with van der Waals surface area (Å²) in [7, 11) is 0. The van der Waals surface area contributed by atoms with Gasteiger partial charge in [-0.05, 0) is 30.5 Å². The first-order chi connectivity index (χ1) is 16.0. The van der Waals surface area contributed by atoms with E-state index in [1.54, 1.807) is 27.9 Å². The number of nitrogens with one attached hydrogen (secondary N) is 3. The highest BCUT2D eigenvalue weighted by atomic mass is 35.5. The first-order valence-corrected chi connectivity index (χ1v) is 11.0. The third-order valence-corrected chi connectivity index (χ3v) is 6.35. The van der Waals surface area contributed by atoms with Crippen LogP contribution < -0.4 is 10.9 Å². The number of fused-ring (bicyclic) bond motifs is 1. The highest BCUT2D eigenvalue weighted by molar-refractivity contribution is 6.42. The van der Waals surface area contributed by atoms with Crippen LogP contribution in [0.25, 0.3) is 11.0 Å². The van der Waals surface area contributed by atoms with Crippen LogP contribution in [0.4, 0.5) is 5.95 Å². The number of amides is 1. The predicted octanol–water partition coefficient (Wildman–Crippen LogP) is 3.06. The van der Waals surface area contributed by atoms with Gasteiger partial charge in [-0.25, -0.2) is 9.97 Å². The summed E-state index contributed by atoms with van der Waals surface area (Å²) >= 11 is 12.0. The van der Waals surface area contributed by atoms with Crippen LogP contribution >= 0.6 is 35.6 Å². The van der Waals surface area contributed by atoms with Crippen LogP contribution in [0, 0.1) is 0 Å². The summed E-state index contributed by atoms with van der Waals surface area (Å²) in [4.78, 5) is 38.2. The molecule has 1 saturated heterocycles. The van der Waals surface area contributed by atoms with E-state index >= 15 is 0 Å². The van der Waals surface area contributed by atoms with Crippen LogP contribution in [0.1, 0.15) is 35.1 Å². The summed E-state index contributed by atoms with van der Waals surface area (Å²) in [5, 5.41) is 14.8. The number of benzene rings is 1. The Morgan fingerprint density at radius 1 is 1.21 bits per heavy atom. The highest BCUT2D eigenvalue weighted by Gasteiger charge is 2.28. The number of hydrogen-bond acceptors (Lipinski definition) is 7. The van der Waals surface area contributed by atoms with E-state index in [1.807, 2.05) is 6.07 Å². The fraction of sp³-hybridized carbons (Fsp3) is 0.300. The van der Waals surface area contributed by atoms with Crippen molar-refractivity contribution in [3.05, 3.63) is 62.5 Å². The van der Waals surface area contributed by atoms with Crippen molar-refractivity contribution in [2.45, 2.75) is 25.4 Å². The van der Waals surface area contributed by atoms with Gasteiger partial charge in [0.25, 0.3) is 11.5 Å². The first kappa shape index (κ1) is 24.0. The molecule has 4 aromatic rings. The molecule has 11 nitrogen and oxygen atoms in total. The molecule has 4 heterocycles. The van der Waals surface area contributed by atoms with Crippen molar-refractivity contribution in [2.24, 2.45) is 0 Å². The van der Waals surface area contributed by atoms with Gasteiger partial charge in [0.05, 0.1) is 22.3 Å². The number of aromatic amines is 2. The maximum atomic E-state index is 12.8. The van der Waals surface area contributed by atoms with E-state index < -0.39 is 0 Å². The van der Waals surface area contributed by atoms with Gasteiger partial charge in [0.15, 0.2) is 5.52 Å². The van der Waals surface area contributed by atoms with E-state index in [4.69, 9.17) is 23.2 Å². The molecule has 14 heteroatoms. The molecule has 178 valence electrons.